The lowest BCUT2D eigenvalue weighted by Crippen LogP contribution is -2.32. The van der Waals surface area contributed by atoms with Crippen LogP contribution in [0.3, 0.4) is 0 Å². The number of para-hydroxylation sites is 2. The SMILES string of the molecule is CCC(CC)(Cc1nc2ccccc2[nH]1)C(=O)O. The van der Waals surface area contributed by atoms with Crippen molar-refractivity contribution >= 4 is 17.0 Å². The molecule has 0 aliphatic heterocycles. The number of aliphatic carboxylic acids is 1. The standard InChI is InChI=1S/C14H18N2O2/c1-3-14(4-2,13(17)18)9-12-15-10-7-5-6-8-11(10)16-12/h5-8H,3-4,9H2,1-2H3,(H,15,16)(H,17,18). The maximum absolute atomic E-state index is 11.5. The van der Waals surface area contributed by atoms with Gasteiger partial charge in [0.15, 0.2) is 0 Å². The zero-order valence-electron chi connectivity index (χ0n) is 10.7. The molecule has 1 heterocycles. The number of hydrogen-bond acceptors (Lipinski definition) is 2. The zero-order chi connectivity index (χ0) is 13.2. The normalized spacial score (nSPS) is 11.9. The first kappa shape index (κ1) is 12.6. The maximum Gasteiger partial charge on any atom is 0.310 e. The van der Waals surface area contributed by atoms with Gasteiger partial charge in [0.1, 0.15) is 5.82 Å². The highest BCUT2D eigenvalue weighted by molar-refractivity contribution is 5.76. The van der Waals surface area contributed by atoms with Crippen LogP contribution in [0.2, 0.25) is 0 Å². The van der Waals surface area contributed by atoms with Crippen LogP contribution in [0, 0.1) is 5.41 Å². The van der Waals surface area contributed by atoms with Crippen molar-refractivity contribution in [3.05, 3.63) is 30.1 Å². The van der Waals surface area contributed by atoms with Crippen molar-refractivity contribution in [2.75, 3.05) is 0 Å². The number of carboxylic acids is 1. The van der Waals surface area contributed by atoms with Crippen LogP contribution in [0.15, 0.2) is 24.3 Å². The van der Waals surface area contributed by atoms with Gasteiger partial charge in [-0.15, -0.1) is 0 Å². The van der Waals surface area contributed by atoms with E-state index in [4.69, 9.17) is 0 Å². The van der Waals surface area contributed by atoms with Gasteiger partial charge in [0.25, 0.3) is 0 Å². The average molecular weight is 246 g/mol. The number of nitrogens with zero attached hydrogens (tertiary/aromatic N) is 1. The summed E-state index contributed by atoms with van der Waals surface area (Å²) in [6, 6.07) is 7.74. The van der Waals surface area contributed by atoms with Crippen LogP contribution >= 0.6 is 0 Å². The van der Waals surface area contributed by atoms with Crippen LogP contribution in [0.25, 0.3) is 11.0 Å². The predicted molar refractivity (Wildman–Crippen MR) is 70.4 cm³/mol. The Morgan fingerprint density at radius 2 is 2.00 bits per heavy atom. The summed E-state index contributed by atoms with van der Waals surface area (Å²) in [5.74, 6) is 0.00950. The highest BCUT2D eigenvalue weighted by atomic mass is 16.4. The van der Waals surface area contributed by atoms with Gasteiger partial charge < -0.3 is 10.1 Å². The van der Waals surface area contributed by atoms with E-state index in [1.165, 1.54) is 0 Å². The van der Waals surface area contributed by atoms with E-state index in [0.29, 0.717) is 19.3 Å². The van der Waals surface area contributed by atoms with Crippen LogP contribution in [-0.2, 0) is 11.2 Å². The van der Waals surface area contributed by atoms with Gasteiger partial charge in [-0.2, -0.15) is 0 Å². The summed E-state index contributed by atoms with van der Waals surface area (Å²) in [7, 11) is 0. The lowest BCUT2D eigenvalue weighted by Gasteiger charge is -2.25. The molecule has 0 unspecified atom stereocenters. The predicted octanol–water partition coefficient (Wildman–Crippen LogP) is 3.00. The van der Waals surface area contributed by atoms with Crippen molar-refractivity contribution in [3.8, 4) is 0 Å². The van der Waals surface area contributed by atoms with Crippen molar-refractivity contribution in [2.24, 2.45) is 5.41 Å². The molecule has 0 fully saturated rings. The summed E-state index contributed by atoms with van der Waals surface area (Å²) < 4.78 is 0. The second kappa shape index (κ2) is 4.80. The summed E-state index contributed by atoms with van der Waals surface area (Å²) in [6.45, 7) is 3.83. The Balaban J connectivity index is 2.34. The summed E-state index contributed by atoms with van der Waals surface area (Å²) in [5.41, 5.74) is 1.13. The molecule has 0 saturated heterocycles. The number of carboxylic acid groups (broad SMARTS) is 1. The highest BCUT2D eigenvalue weighted by Gasteiger charge is 2.35. The minimum atomic E-state index is -0.743. The fourth-order valence-corrected chi connectivity index (χ4v) is 2.29. The van der Waals surface area contributed by atoms with E-state index in [0.717, 1.165) is 16.9 Å². The molecule has 4 heteroatoms. The second-order valence-corrected chi connectivity index (χ2v) is 4.67. The molecular formula is C14H18N2O2. The van der Waals surface area contributed by atoms with Crippen LogP contribution in [0.5, 0.6) is 0 Å². The quantitative estimate of drug-likeness (QED) is 0.852. The molecule has 96 valence electrons. The number of aromatic nitrogens is 2. The molecule has 0 bridgehead atoms. The van der Waals surface area contributed by atoms with E-state index < -0.39 is 11.4 Å². The van der Waals surface area contributed by atoms with E-state index in [1.807, 2.05) is 38.1 Å². The average Bonchev–Trinajstić information content (AvgIpc) is 2.77. The topological polar surface area (TPSA) is 66.0 Å². The van der Waals surface area contributed by atoms with Gasteiger partial charge in [0.2, 0.25) is 0 Å². The van der Waals surface area contributed by atoms with Crippen LogP contribution in [-0.4, -0.2) is 21.0 Å². The molecule has 0 aliphatic rings. The van der Waals surface area contributed by atoms with Gasteiger partial charge in [-0.3, -0.25) is 4.79 Å². The molecule has 0 spiro atoms. The molecular weight excluding hydrogens is 228 g/mol. The minimum absolute atomic E-state index is 0.448. The van der Waals surface area contributed by atoms with Crippen molar-refractivity contribution in [3.63, 3.8) is 0 Å². The molecule has 0 atom stereocenters. The zero-order valence-corrected chi connectivity index (χ0v) is 10.7. The number of imidazole rings is 1. The number of H-pyrrole nitrogens is 1. The summed E-state index contributed by atoms with van der Waals surface area (Å²) >= 11 is 0. The van der Waals surface area contributed by atoms with Crippen molar-refractivity contribution in [2.45, 2.75) is 33.1 Å². The molecule has 0 saturated carbocycles. The first-order chi connectivity index (χ1) is 8.61. The number of benzene rings is 1. The highest BCUT2D eigenvalue weighted by Crippen LogP contribution is 2.31. The maximum atomic E-state index is 11.5. The monoisotopic (exact) mass is 246 g/mol. The molecule has 0 aliphatic carbocycles. The van der Waals surface area contributed by atoms with Gasteiger partial charge in [-0.05, 0) is 25.0 Å². The van der Waals surface area contributed by atoms with Crippen molar-refractivity contribution in [1.29, 1.82) is 0 Å². The molecule has 1 aromatic carbocycles. The fourth-order valence-electron chi connectivity index (χ4n) is 2.29. The Labute approximate surface area is 106 Å². The van der Waals surface area contributed by atoms with E-state index in [1.54, 1.807) is 0 Å². The Morgan fingerprint density at radius 3 is 2.56 bits per heavy atom. The number of hydrogen-bond donors (Lipinski definition) is 2. The van der Waals surface area contributed by atoms with Crippen molar-refractivity contribution < 1.29 is 9.90 Å². The van der Waals surface area contributed by atoms with Crippen molar-refractivity contribution in [1.82, 2.24) is 9.97 Å². The van der Waals surface area contributed by atoms with Gasteiger partial charge in [-0.25, -0.2) is 4.98 Å². The number of nitrogens with one attached hydrogen (secondary N) is 1. The van der Waals surface area contributed by atoms with Crippen LogP contribution in [0.1, 0.15) is 32.5 Å². The number of rotatable bonds is 5. The lowest BCUT2D eigenvalue weighted by molar-refractivity contribution is -0.149. The fraction of sp³-hybridized carbons (Fsp3) is 0.429. The smallest absolute Gasteiger partial charge is 0.310 e. The molecule has 18 heavy (non-hydrogen) atoms. The largest absolute Gasteiger partial charge is 0.481 e. The third-order valence-corrected chi connectivity index (χ3v) is 3.75. The van der Waals surface area contributed by atoms with E-state index in [2.05, 4.69) is 9.97 Å². The van der Waals surface area contributed by atoms with Gasteiger partial charge >= 0.3 is 5.97 Å². The Bertz CT molecular complexity index is 523. The first-order valence-corrected chi connectivity index (χ1v) is 6.28. The third-order valence-electron chi connectivity index (χ3n) is 3.75. The summed E-state index contributed by atoms with van der Waals surface area (Å²) in [5, 5.41) is 9.42. The van der Waals surface area contributed by atoms with Crippen LogP contribution < -0.4 is 0 Å². The second-order valence-electron chi connectivity index (χ2n) is 4.67. The number of carbonyl (C=O) groups is 1. The first-order valence-electron chi connectivity index (χ1n) is 6.28. The molecule has 0 radical (unpaired) electrons. The van der Waals surface area contributed by atoms with Gasteiger partial charge in [0, 0.05) is 6.42 Å². The third kappa shape index (κ3) is 2.10. The summed E-state index contributed by atoms with van der Waals surface area (Å²) in [6.07, 6.45) is 1.66. The summed E-state index contributed by atoms with van der Waals surface area (Å²) in [4.78, 5) is 19.1. The van der Waals surface area contributed by atoms with Gasteiger partial charge in [-0.1, -0.05) is 26.0 Å². The molecule has 2 rings (SSSR count). The van der Waals surface area contributed by atoms with Gasteiger partial charge in [0.05, 0.1) is 16.4 Å². The lowest BCUT2D eigenvalue weighted by atomic mass is 9.79. The minimum Gasteiger partial charge on any atom is -0.481 e. The number of fused-ring (bicyclic) bond motifs is 1. The molecule has 4 nitrogen and oxygen atoms in total. The Hall–Kier alpha value is -1.84. The molecule has 2 N–H and O–H groups in total. The molecule has 1 aromatic heterocycles. The van der Waals surface area contributed by atoms with E-state index in [9.17, 15) is 9.90 Å². The van der Waals surface area contributed by atoms with Crippen LogP contribution in [0.4, 0.5) is 0 Å². The number of aromatic amines is 1. The van der Waals surface area contributed by atoms with E-state index in [-0.39, 0.29) is 0 Å². The Kier molecular flexibility index (Phi) is 3.36. The molecule has 0 amide bonds. The molecule has 2 aromatic rings. The van der Waals surface area contributed by atoms with E-state index >= 15 is 0 Å². The Morgan fingerprint density at radius 1 is 1.33 bits per heavy atom.